The molecule has 0 aromatic rings. The predicted molar refractivity (Wildman–Crippen MR) is 84.9 cm³/mol. The summed E-state index contributed by atoms with van der Waals surface area (Å²) in [4.78, 5) is 0. The molecular formula is C17H35NO2. The van der Waals surface area contributed by atoms with Gasteiger partial charge in [-0.25, -0.2) is 0 Å². The molecule has 0 amide bonds. The van der Waals surface area contributed by atoms with E-state index >= 15 is 0 Å². The highest BCUT2D eigenvalue weighted by atomic mass is 16.5. The third kappa shape index (κ3) is 5.34. The van der Waals surface area contributed by atoms with Gasteiger partial charge >= 0.3 is 0 Å². The topological polar surface area (TPSA) is 41.5 Å². The van der Waals surface area contributed by atoms with Gasteiger partial charge in [0.1, 0.15) is 0 Å². The number of ether oxygens (including phenoxy) is 1. The van der Waals surface area contributed by atoms with Crippen molar-refractivity contribution in [3.8, 4) is 0 Å². The SMILES string of the molecule is CCCNC(C)(CO)COC1CC(C)CCC1C(C)C. The molecule has 0 radical (unpaired) electrons. The van der Waals surface area contributed by atoms with Crippen LogP contribution in [-0.4, -0.2) is 36.5 Å². The van der Waals surface area contributed by atoms with E-state index in [1.54, 1.807) is 0 Å². The van der Waals surface area contributed by atoms with Gasteiger partial charge in [0.15, 0.2) is 0 Å². The van der Waals surface area contributed by atoms with Gasteiger partial charge in [-0.2, -0.15) is 0 Å². The number of aliphatic hydroxyl groups is 1. The summed E-state index contributed by atoms with van der Waals surface area (Å²) in [6.45, 7) is 12.8. The normalized spacial score (nSPS) is 30.4. The largest absolute Gasteiger partial charge is 0.394 e. The van der Waals surface area contributed by atoms with Gasteiger partial charge < -0.3 is 15.2 Å². The zero-order chi connectivity index (χ0) is 15.2. The molecule has 0 aliphatic heterocycles. The molecule has 1 rings (SSSR count). The van der Waals surface area contributed by atoms with Crippen molar-refractivity contribution in [3.05, 3.63) is 0 Å². The van der Waals surface area contributed by atoms with Crippen LogP contribution in [0.4, 0.5) is 0 Å². The van der Waals surface area contributed by atoms with Crippen LogP contribution < -0.4 is 5.32 Å². The fraction of sp³-hybridized carbons (Fsp3) is 1.00. The first-order valence-electron chi connectivity index (χ1n) is 8.39. The zero-order valence-electron chi connectivity index (χ0n) is 14.1. The van der Waals surface area contributed by atoms with Crippen LogP contribution in [0, 0.1) is 17.8 Å². The maximum atomic E-state index is 9.63. The summed E-state index contributed by atoms with van der Waals surface area (Å²) in [7, 11) is 0. The molecule has 0 bridgehead atoms. The molecule has 20 heavy (non-hydrogen) atoms. The van der Waals surface area contributed by atoms with Crippen molar-refractivity contribution in [1.82, 2.24) is 5.32 Å². The second-order valence-electron chi connectivity index (χ2n) is 7.32. The van der Waals surface area contributed by atoms with Gasteiger partial charge in [-0.3, -0.25) is 0 Å². The zero-order valence-corrected chi connectivity index (χ0v) is 14.1. The summed E-state index contributed by atoms with van der Waals surface area (Å²) in [6, 6.07) is 0. The van der Waals surface area contributed by atoms with Crippen molar-refractivity contribution >= 4 is 0 Å². The van der Waals surface area contributed by atoms with Crippen LogP contribution in [0.1, 0.15) is 60.3 Å². The molecular weight excluding hydrogens is 250 g/mol. The van der Waals surface area contributed by atoms with E-state index in [1.807, 2.05) is 0 Å². The lowest BCUT2D eigenvalue weighted by molar-refractivity contribution is -0.0661. The van der Waals surface area contributed by atoms with Crippen LogP contribution in [0.3, 0.4) is 0 Å². The Balaban J connectivity index is 2.54. The maximum absolute atomic E-state index is 9.63. The first kappa shape index (κ1) is 17.9. The van der Waals surface area contributed by atoms with Gasteiger partial charge in [0.05, 0.1) is 24.9 Å². The summed E-state index contributed by atoms with van der Waals surface area (Å²) in [5.74, 6) is 2.11. The molecule has 0 aromatic heterocycles. The molecule has 1 aliphatic rings. The molecule has 2 N–H and O–H groups in total. The maximum Gasteiger partial charge on any atom is 0.0672 e. The average molecular weight is 285 g/mol. The summed E-state index contributed by atoms with van der Waals surface area (Å²) < 4.78 is 6.26. The van der Waals surface area contributed by atoms with Crippen molar-refractivity contribution in [1.29, 1.82) is 0 Å². The van der Waals surface area contributed by atoms with Crippen LogP contribution in [0.2, 0.25) is 0 Å². The van der Waals surface area contributed by atoms with E-state index in [4.69, 9.17) is 4.74 Å². The molecule has 4 atom stereocenters. The molecule has 0 spiro atoms. The summed E-state index contributed by atoms with van der Waals surface area (Å²) >= 11 is 0. The Morgan fingerprint density at radius 1 is 1.35 bits per heavy atom. The fourth-order valence-electron chi connectivity index (χ4n) is 3.18. The lowest BCUT2D eigenvalue weighted by Crippen LogP contribution is -2.51. The lowest BCUT2D eigenvalue weighted by atomic mass is 9.75. The third-order valence-corrected chi connectivity index (χ3v) is 4.73. The number of hydrogen-bond donors (Lipinski definition) is 2. The number of aliphatic hydroxyl groups excluding tert-OH is 1. The summed E-state index contributed by atoms with van der Waals surface area (Å²) in [6.07, 6.45) is 5.20. The molecule has 0 aromatic carbocycles. The van der Waals surface area contributed by atoms with E-state index < -0.39 is 0 Å². The van der Waals surface area contributed by atoms with E-state index in [0.717, 1.165) is 25.3 Å². The van der Waals surface area contributed by atoms with Crippen molar-refractivity contribution in [2.24, 2.45) is 17.8 Å². The van der Waals surface area contributed by atoms with Crippen molar-refractivity contribution in [3.63, 3.8) is 0 Å². The fourth-order valence-corrected chi connectivity index (χ4v) is 3.18. The van der Waals surface area contributed by atoms with Gasteiger partial charge in [0, 0.05) is 0 Å². The highest BCUT2D eigenvalue weighted by Crippen LogP contribution is 2.35. The average Bonchev–Trinajstić information content (AvgIpc) is 2.42. The van der Waals surface area contributed by atoms with E-state index in [1.165, 1.54) is 12.8 Å². The van der Waals surface area contributed by atoms with E-state index in [9.17, 15) is 5.11 Å². The second kappa shape index (κ2) is 8.35. The highest BCUT2D eigenvalue weighted by Gasteiger charge is 2.33. The van der Waals surface area contributed by atoms with Gasteiger partial charge in [-0.15, -0.1) is 0 Å². The highest BCUT2D eigenvalue weighted by molar-refractivity contribution is 4.86. The Morgan fingerprint density at radius 3 is 2.60 bits per heavy atom. The van der Waals surface area contributed by atoms with Crippen molar-refractivity contribution in [2.75, 3.05) is 19.8 Å². The molecule has 3 nitrogen and oxygen atoms in total. The van der Waals surface area contributed by atoms with Crippen LogP contribution in [-0.2, 0) is 4.74 Å². The van der Waals surface area contributed by atoms with Crippen molar-refractivity contribution in [2.45, 2.75) is 71.9 Å². The van der Waals surface area contributed by atoms with Crippen LogP contribution >= 0.6 is 0 Å². The quantitative estimate of drug-likeness (QED) is 0.719. The van der Waals surface area contributed by atoms with Crippen LogP contribution in [0.5, 0.6) is 0 Å². The molecule has 4 unspecified atom stereocenters. The first-order chi connectivity index (χ1) is 9.41. The molecule has 1 fully saturated rings. The summed E-state index contributed by atoms with van der Waals surface area (Å²) in [5, 5.41) is 13.0. The molecule has 1 aliphatic carbocycles. The van der Waals surface area contributed by atoms with E-state index in [-0.39, 0.29) is 12.1 Å². The number of nitrogens with one attached hydrogen (secondary N) is 1. The predicted octanol–water partition coefficient (Wildman–Crippen LogP) is 3.21. The molecule has 0 saturated heterocycles. The second-order valence-corrected chi connectivity index (χ2v) is 7.32. The van der Waals surface area contributed by atoms with Gasteiger partial charge in [0.2, 0.25) is 0 Å². The smallest absolute Gasteiger partial charge is 0.0672 e. The van der Waals surface area contributed by atoms with E-state index in [2.05, 4.69) is 39.9 Å². The third-order valence-electron chi connectivity index (χ3n) is 4.73. The summed E-state index contributed by atoms with van der Waals surface area (Å²) in [5.41, 5.74) is -0.307. The Hall–Kier alpha value is -0.120. The van der Waals surface area contributed by atoms with Gasteiger partial charge in [-0.1, -0.05) is 34.1 Å². The Labute approximate surface area is 125 Å². The van der Waals surface area contributed by atoms with E-state index in [0.29, 0.717) is 24.5 Å². The number of hydrogen-bond acceptors (Lipinski definition) is 3. The molecule has 1 saturated carbocycles. The van der Waals surface area contributed by atoms with Crippen LogP contribution in [0.15, 0.2) is 0 Å². The molecule has 3 heteroatoms. The Kier molecular flexibility index (Phi) is 7.49. The standard InChI is InChI=1S/C17H35NO2/c1-6-9-18-17(5,11-19)12-20-16-10-14(4)7-8-15(16)13(2)3/h13-16,18-19H,6-12H2,1-5H3. The minimum Gasteiger partial charge on any atom is -0.394 e. The van der Waals surface area contributed by atoms with Gasteiger partial charge in [-0.05, 0) is 50.5 Å². The van der Waals surface area contributed by atoms with Crippen LogP contribution in [0.25, 0.3) is 0 Å². The number of rotatable bonds is 8. The first-order valence-corrected chi connectivity index (χ1v) is 8.39. The Morgan fingerprint density at radius 2 is 2.05 bits per heavy atom. The Bertz CT molecular complexity index is 270. The molecule has 120 valence electrons. The minimum atomic E-state index is -0.307. The molecule has 0 heterocycles. The lowest BCUT2D eigenvalue weighted by Gasteiger charge is -2.39. The minimum absolute atomic E-state index is 0.127. The van der Waals surface area contributed by atoms with Gasteiger partial charge in [0.25, 0.3) is 0 Å². The van der Waals surface area contributed by atoms with Crippen molar-refractivity contribution < 1.29 is 9.84 Å². The monoisotopic (exact) mass is 285 g/mol.